The van der Waals surface area contributed by atoms with Crippen LogP contribution >= 0.6 is 0 Å². The van der Waals surface area contributed by atoms with Gasteiger partial charge in [0.2, 0.25) is 0 Å². The second-order valence-electron chi connectivity index (χ2n) is 12.5. The summed E-state index contributed by atoms with van der Waals surface area (Å²) in [5, 5.41) is -0.816. The minimum Gasteiger partial charge on any atom is -0.309 e. The molecule has 0 spiro atoms. The Morgan fingerprint density at radius 2 is 0.855 bits per heavy atom. The van der Waals surface area contributed by atoms with E-state index in [4.69, 9.17) is 22.3 Å². The first-order chi connectivity index (χ1) is 33.9. The highest BCUT2D eigenvalue weighted by Crippen LogP contribution is 2.36. The summed E-state index contributed by atoms with van der Waals surface area (Å²) in [5.41, 5.74) is 2.02. The van der Waals surface area contributed by atoms with Crippen molar-refractivity contribution in [2.45, 2.75) is 0 Å². The zero-order valence-corrected chi connectivity index (χ0v) is 28.7. The highest BCUT2D eigenvalue weighted by atomic mass is 15.0. The Morgan fingerprint density at radius 3 is 1.55 bits per heavy atom. The van der Waals surface area contributed by atoms with Crippen molar-refractivity contribution in [1.82, 2.24) is 19.5 Å². The van der Waals surface area contributed by atoms with Gasteiger partial charge in [0.25, 0.3) is 0 Å². The molecule has 4 heteroatoms. The van der Waals surface area contributed by atoms with E-state index in [-0.39, 0.29) is 23.0 Å². The van der Waals surface area contributed by atoms with Gasteiger partial charge in [-0.25, -0.2) is 15.0 Å². The minimum absolute atomic E-state index is 0.150. The normalized spacial score (nSPS) is 15.3. The van der Waals surface area contributed by atoms with Crippen LogP contribution in [0, 0.1) is 0 Å². The SMILES string of the molecule is [2H]c1c([2H])c([2H])c(-c2c([2H])c([2H])c3c(c2[2H])c2c([2H])c([2H])c([2H])c([2H])c2n3-c2c([2H])c([2H])c(-c3nc(-c4ccccc4)nc(-c4ccc(-c5cccc(-c6ccccc6)c5)cc4)n3)c([2H])c2[2H])c([2H])c1[2H]. The molecule has 8 aromatic carbocycles. The maximum absolute atomic E-state index is 9.52. The van der Waals surface area contributed by atoms with Gasteiger partial charge < -0.3 is 4.57 Å². The fourth-order valence-corrected chi connectivity index (χ4v) is 6.42. The molecule has 0 aliphatic carbocycles. The van der Waals surface area contributed by atoms with Crippen LogP contribution in [0.4, 0.5) is 0 Å². The first kappa shape index (κ1) is 19.6. The van der Waals surface area contributed by atoms with E-state index in [1.807, 2.05) is 72.8 Å². The Morgan fingerprint density at radius 1 is 0.345 bits per heavy atom. The number of para-hydroxylation sites is 1. The molecule has 0 bridgehead atoms. The molecule has 258 valence electrons. The molecule has 10 aromatic rings. The molecule has 4 nitrogen and oxygen atoms in total. The predicted molar refractivity (Wildman–Crippen MR) is 227 cm³/mol. The van der Waals surface area contributed by atoms with E-state index in [0.29, 0.717) is 11.1 Å². The van der Waals surface area contributed by atoms with Crippen molar-refractivity contribution in [2.24, 2.45) is 0 Å². The monoisotopic (exact) mass is 718 g/mol. The summed E-state index contributed by atoms with van der Waals surface area (Å²) in [6, 6.07) is 22.4. The maximum Gasteiger partial charge on any atom is 0.164 e. The molecule has 0 saturated heterocycles. The Kier molecular flexibility index (Phi) is 4.93. The van der Waals surface area contributed by atoms with Crippen LogP contribution < -0.4 is 0 Å². The maximum atomic E-state index is 9.52. The Balaban J connectivity index is 1.20. The molecule has 0 atom stereocenters. The molecule has 0 N–H and O–H groups in total. The molecule has 0 saturated carbocycles. The molecule has 0 amide bonds. The van der Waals surface area contributed by atoms with Crippen molar-refractivity contribution in [2.75, 3.05) is 0 Å². The summed E-state index contributed by atoms with van der Waals surface area (Å²) in [7, 11) is 0. The van der Waals surface area contributed by atoms with Crippen LogP contribution in [0.2, 0.25) is 0 Å². The highest BCUT2D eigenvalue weighted by molar-refractivity contribution is 6.10. The minimum atomic E-state index is -0.827. The van der Waals surface area contributed by atoms with Crippen LogP contribution in [0.25, 0.3) is 95.0 Å². The Bertz CT molecular complexity index is 3820. The quantitative estimate of drug-likeness (QED) is 0.165. The van der Waals surface area contributed by atoms with Crippen molar-refractivity contribution >= 4 is 21.8 Å². The zero-order chi connectivity index (χ0) is 50.5. The molecule has 0 aliphatic heterocycles. The molecule has 0 aliphatic rings. The molecule has 55 heavy (non-hydrogen) atoms. The molecule has 2 aromatic heterocycles. The standard InChI is InChI=1S/C51H34N4/c1-4-13-35(14-5-1)41-19-12-20-42(33-41)37-23-25-39(26-24-37)50-52-49(38-17-8-3-9-18-38)53-51(54-50)40-27-30-44(31-28-40)55-47-22-11-10-21-45(47)46-34-43(29-32-48(46)55)36-15-6-2-7-16-36/h1-34H/i2D,6D,7D,10D,11D,15D,16D,21D,22D,27D,28D,29D,30D,31D,32D,34D. The summed E-state index contributed by atoms with van der Waals surface area (Å²) in [4.78, 5) is 14.2. The average Bonchev–Trinajstić information content (AvgIpc) is 3.75. The van der Waals surface area contributed by atoms with Gasteiger partial charge in [-0.2, -0.15) is 0 Å². The van der Waals surface area contributed by atoms with Crippen molar-refractivity contribution in [3.63, 3.8) is 0 Å². The lowest BCUT2D eigenvalue weighted by atomic mass is 9.98. The summed E-state index contributed by atoms with van der Waals surface area (Å²) < 4.78 is 144. The van der Waals surface area contributed by atoms with Crippen LogP contribution in [0.5, 0.6) is 0 Å². The van der Waals surface area contributed by atoms with Gasteiger partial charge in [0.1, 0.15) is 0 Å². The molecular formula is C51H34N4. The van der Waals surface area contributed by atoms with E-state index >= 15 is 0 Å². The smallest absolute Gasteiger partial charge is 0.164 e. The third-order valence-corrected chi connectivity index (χ3v) is 9.08. The van der Waals surface area contributed by atoms with Gasteiger partial charge in [-0.05, 0) is 81.7 Å². The highest BCUT2D eigenvalue weighted by Gasteiger charge is 2.16. The number of hydrogen-bond acceptors (Lipinski definition) is 3. The van der Waals surface area contributed by atoms with Crippen molar-refractivity contribution < 1.29 is 21.9 Å². The van der Waals surface area contributed by atoms with Crippen LogP contribution in [0.3, 0.4) is 0 Å². The third kappa shape index (κ3) is 6.16. The lowest BCUT2D eigenvalue weighted by molar-refractivity contribution is 1.07. The lowest BCUT2D eigenvalue weighted by Gasteiger charge is -2.11. The van der Waals surface area contributed by atoms with Crippen molar-refractivity contribution in [1.29, 1.82) is 0 Å². The molecule has 2 heterocycles. The van der Waals surface area contributed by atoms with Gasteiger partial charge in [0, 0.05) is 33.2 Å². The molecular weight excluding hydrogens is 669 g/mol. The lowest BCUT2D eigenvalue weighted by Crippen LogP contribution is -2.00. The molecule has 10 rings (SSSR count). The van der Waals surface area contributed by atoms with Crippen LogP contribution in [-0.2, 0) is 0 Å². The Hall–Kier alpha value is -7.43. The molecule has 0 fully saturated rings. The van der Waals surface area contributed by atoms with Crippen LogP contribution in [0.1, 0.15) is 21.9 Å². The average molecular weight is 719 g/mol. The molecule has 0 radical (unpaired) electrons. The zero-order valence-electron chi connectivity index (χ0n) is 44.7. The first-order valence-electron chi connectivity index (χ1n) is 25.2. The first-order valence-corrected chi connectivity index (χ1v) is 17.2. The fraction of sp³-hybridized carbons (Fsp3) is 0. The second kappa shape index (κ2) is 13.8. The summed E-state index contributed by atoms with van der Waals surface area (Å²) in [6.07, 6.45) is 0. The number of rotatable bonds is 7. The number of benzene rings is 8. The van der Waals surface area contributed by atoms with Crippen molar-refractivity contribution in [3.05, 3.63) is 206 Å². The van der Waals surface area contributed by atoms with Gasteiger partial charge in [-0.3, -0.25) is 0 Å². The largest absolute Gasteiger partial charge is 0.309 e. The van der Waals surface area contributed by atoms with E-state index < -0.39 is 135 Å². The van der Waals surface area contributed by atoms with E-state index in [1.54, 1.807) is 30.3 Å². The van der Waals surface area contributed by atoms with Crippen molar-refractivity contribution in [3.8, 4) is 73.2 Å². The number of fused-ring (bicyclic) bond motifs is 3. The van der Waals surface area contributed by atoms with Gasteiger partial charge in [-0.1, -0.05) is 158 Å². The molecule has 0 unspecified atom stereocenters. The third-order valence-electron chi connectivity index (χ3n) is 9.08. The Labute approximate surface area is 342 Å². The number of nitrogens with zero attached hydrogens (tertiary/aromatic N) is 4. The van der Waals surface area contributed by atoms with Crippen LogP contribution in [-0.4, -0.2) is 19.5 Å². The fourth-order valence-electron chi connectivity index (χ4n) is 6.42. The number of hydrogen-bond donors (Lipinski definition) is 0. The van der Waals surface area contributed by atoms with E-state index in [9.17, 15) is 9.60 Å². The van der Waals surface area contributed by atoms with Crippen LogP contribution in [0.15, 0.2) is 206 Å². The van der Waals surface area contributed by atoms with Gasteiger partial charge >= 0.3 is 0 Å². The summed E-state index contributed by atoms with van der Waals surface area (Å²) in [5.74, 6) is 0.0780. The van der Waals surface area contributed by atoms with E-state index in [2.05, 4.69) is 11.1 Å². The summed E-state index contributed by atoms with van der Waals surface area (Å²) in [6.45, 7) is 0. The number of aromatic nitrogens is 4. The predicted octanol–water partition coefficient (Wildman–Crippen LogP) is 13.0. The topological polar surface area (TPSA) is 43.6 Å². The van der Waals surface area contributed by atoms with E-state index in [0.717, 1.165) is 26.8 Å². The van der Waals surface area contributed by atoms with Gasteiger partial charge in [0.15, 0.2) is 17.5 Å². The second-order valence-corrected chi connectivity index (χ2v) is 12.5. The summed E-state index contributed by atoms with van der Waals surface area (Å²) >= 11 is 0. The van der Waals surface area contributed by atoms with Gasteiger partial charge in [-0.15, -0.1) is 0 Å². The van der Waals surface area contributed by atoms with Gasteiger partial charge in [0.05, 0.1) is 33.0 Å². The van der Waals surface area contributed by atoms with E-state index in [1.165, 1.54) is 0 Å².